The molecule has 164 valence electrons. The second-order valence-corrected chi connectivity index (χ2v) is 7.75. The molecule has 1 amide bonds. The van der Waals surface area contributed by atoms with Crippen LogP contribution in [0.4, 0.5) is 5.69 Å². The minimum Gasteiger partial charge on any atom is -0.497 e. The molecule has 8 heteroatoms. The number of anilines is 1. The first-order chi connectivity index (χ1) is 15.2. The van der Waals surface area contributed by atoms with Gasteiger partial charge in [0.25, 0.3) is 0 Å². The van der Waals surface area contributed by atoms with Crippen LogP contribution in [0.1, 0.15) is 26.7 Å². The quantitative estimate of drug-likeness (QED) is 0.428. The molecule has 0 aliphatic heterocycles. The predicted octanol–water partition coefficient (Wildman–Crippen LogP) is 4.88. The van der Waals surface area contributed by atoms with E-state index in [0.717, 1.165) is 41.7 Å². The lowest BCUT2D eigenvalue weighted by molar-refractivity contribution is -0.113. The number of methoxy groups -OCH3 is 1. The maximum absolute atomic E-state index is 12.6. The minimum absolute atomic E-state index is 0.117. The number of para-hydroxylation sites is 2. The van der Waals surface area contributed by atoms with E-state index in [4.69, 9.17) is 9.47 Å². The summed E-state index contributed by atoms with van der Waals surface area (Å²) in [4.78, 5) is 12.6. The van der Waals surface area contributed by atoms with Crippen molar-refractivity contribution >= 4 is 23.4 Å². The van der Waals surface area contributed by atoms with Gasteiger partial charge in [-0.05, 0) is 49.7 Å². The summed E-state index contributed by atoms with van der Waals surface area (Å²) in [5, 5.41) is 12.4. The molecule has 0 saturated heterocycles. The van der Waals surface area contributed by atoms with Gasteiger partial charge in [0, 0.05) is 12.1 Å². The van der Waals surface area contributed by atoms with Crippen LogP contribution in [-0.2, 0) is 11.3 Å². The lowest BCUT2D eigenvalue weighted by Gasteiger charge is -2.12. The van der Waals surface area contributed by atoms with E-state index in [2.05, 4.69) is 27.0 Å². The van der Waals surface area contributed by atoms with Crippen LogP contribution >= 0.6 is 11.8 Å². The van der Waals surface area contributed by atoms with Crippen molar-refractivity contribution in [3.63, 3.8) is 0 Å². The van der Waals surface area contributed by atoms with Crippen molar-refractivity contribution in [2.45, 2.75) is 38.4 Å². The third-order valence-corrected chi connectivity index (χ3v) is 5.56. The number of benzene rings is 2. The SMILES string of the molecule is CCCCn1c(SCC(=O)Nc2ccccc2OCC)nnc1-c1ccc(OC)cc1. The van der Waals surface area contributed by atoms with Gasteiger partial charge in [-0.2, -0.15) is 0 Å². The van der Waals surface area contributed by atoms with Crippen molar-refractivity contribution in [2.24, 2.45) is 0 Å². The second kappa shape index (κ2) is 11.4. The molecule has 31 heavy (non-hydrogen) atoms. The molecule has 0 radical (unpaired) electrons. The van der Waals surface area contributed by atoms with E-state index in [0.29, 0.717) is 18.0 Å². The fraction of sp³-hybridized carbons (Fsp3) is 0.348. The summed E-state index contributed by atoms with van der Waals surface area (Å²) in [7, 11) is 1.64. The number of carbonyl (C=O) groups is 1. The summed E-state index contributed by atoms with van der Waals surface area (Å²) in [6, 6.07) is 15.2. The van der Waals surface area contributed by atoms with E-state index in [1.807, 2.05) is 55.5 Å². The van der Waals surface area contributed by atoms with Gasteiger partial charge in [-0.25, -0.2) is 0 Å². The normalized spacial score (nSPS) is 10.7. The smallest absolute Gasteiger partial charge is 0.234 e. The van der Waals surface area contributed by atoms with Crippen molar-refractivity contribution in [1.29, 1.82) is 0 Å². The number of carbonyl (C=O) groups excluding carboxylic acids is 1. The van der Waals surface area contributed by atoms with Crippen LogP contribution in [0.5, 0.6) is 11.5 Å². The van der Waals surface area contributed by atoms with Crippen LogP contribution in [0.3, 0.4) is 0 Å². The number of thioether (sulfide) groups is 1. The summed E-state index contributed by atoms with van der Waals surface area (Å²) >= 11 is 1.38. The molecule has 1 aromatic heterocycles. The Morgan fingerprint density at radius 1 is 1.10 bits per heavy atom. The van der Waals surface area contributed by atoms with Crippen molar-refractivity contribution in [2.75, 3.05) is 24.8 Å². The Labute approximate surface area is 187 Å². The highest BCUT2D eigenvalue weighted by molar-refractivity contribution is 7.99. The molecule has 0 saturated carbocycles. The molecule has 1 N–H and O–H groups in total. The Bertz CT molecular complexity index is 989. The van der Waals surface area contributed by atoms with Crippen molar-refractivity contribution in [3.05, 3.63) is 48.5 Å². The fourth-order valence-electron chi connectivity index (χ4n) is 3.03. The van der Waals surface area contributed by atoms with Gasteiger partial charge in [0.15, 0.2) is 11.0 Å². The van der Waals surface area contributed by atoms with Gasteiger partial charge in [0.1, 0.15) is 11.5 Å². The van der Waals surface area contributed by atoms with E-state index in [-0.39, 0.29) is 11.7 Å². The number of rotatable bonds is 11. The van der Waals surface area contributed by atoms with Gasteiger partial charge in [-0.3, -0.25) is 4.79 Å². The van der Waals surface area contributed by atoms with Gasteiger partial charge in [0.05, 0.1) is 25.2 Å². The lowest BCUT2D eigenvalue weighted by atomic mass is 10.2. The van der Waals surface area contributed by atoms with E-state index < -0.39 is 0 Å². The minimum atomic E-state index is -0.117. The Morgan fingerprint density at radius 3 is 2.58 bits per heavy atom. The number of ether oxygens (including phenoxy) is 2. The Morgan fingerprint density at radius 2 is 1.87 bits per heavy atom. The highest BCUT2D eigenvalue weighted by Crippen LogP contribution is 2.27. The molecular formula is C23H28N4O3S. The van der Waals surface area contributed by atoms with Gasteiger partial charge < -0.3 is 19.4 Å². The summed E-state index contributed by atoms with van der Waals surface area (Å²) in [5.74, 6) is 2.36. The highest BCUT2D eigenvalue weighted by Gasteiger charge is 2.16. The van der Waals surface area contributed by atoms with Gasteiger partial charge in [0.2, 0.25) is 5.91 Å². The molecule has 0 unspecified atom stereocenters. The number of aromatic nitrogens is 3. The summed E-state index contributed by atoms with van der Waals surface area (Å²) < 4.78 is 12.9. The molecule has 0 aliphatic rings. The first-order valence-electron chi connectivity index (χ1n) is 10.4. The molecule has 3 rings (SSSR count). The Balaban J connectivity index is 1.72. The van der Waals surface area contributed by atoms with E-state index in [9.17, 15) is 4.79 Å². The number of unbranched alkanes of at least 4 members (excludes halogenated alkanes) is 1. The summed E-state index contributed by atoms with van der Waals surface area (Å²) in [5.41, 5.74) is 1.63. The van der Waals surface area contributed by atoms with Gasteiger partial charge in [-0.1, -0.05) is 37.2 Å². The number of amides is 1. The molecule has 7 nitrogen and oxygen atoms in total. The van der Waals surface area contributed by atoms with Crippen LogP contribution in [0, 0.1) is 0 Å². The van der Waals surface area contributed by atoms with Crippen molar-refractivity contribution < 1.29 is 14.3 Å². The molecule has 2 aromatic carbocycles. The topological polar surface area (TPSA) is 78.3 Å². The van der Waals surface area contributed by atoms with Crippen LogP contribution in [0.25, 0.3) is 11.4 Å². The van der Waals surface area contributed by atoms with Gasteiger partial charge >= 0.3 is 0 Å². The first kappa shape index (κ1) is 22.7. The number of nitrogens with one attached hydrogen (secondary N) is 1. The molecule has 0 bridgehead atoms. The van der Waals surface area contributed by atoms with E-state index in [1.54, 1.807) is 7.11 Å². The zero-order chi connectivity index (χ0) is 22.1. The first-order valence-corrected chi connectivity index (χ1v) is 11.4. The average molecular weight is 441 g/mol. The highest BCUT2D eigenvalue weighted by atomic mass is 32.2. The molecule has 0 spiro atoms. The second-order valence-electron chi connectivity index (χ2n) is 6.81. The molecule has 3 aromatic rings. The standard InChI is InChI=1S/C23H28N4O3S/c1-4-6-15-27-22(17-11-13-18(29-3)14-12-17)25-26-23(27)31-16-21(28)24-19-9-7-8-10-20(19)30-5-2/h7-14H,4-6,15-16H2,1-3H3,(H,24,28). The maximum Gasteiger partial charge on any atom is 0.234 e. The Hall–Kier alpha value is -3.00. The zero-order valence-electron chi connectivity index (χ0n) is 18.1. The number of hydrogen-bond acceptors (Lipinski definition) is 6. The Kier molecular flexibility index (Phi) is 8.35. The molecule has 0 fully saturated rings. The molecular weight excluding hydrogens is 412 g/mol. The van der Waals surface area contributed by atoms with Crippen LogP contribution < -0.4 is 14.8 Å². The van der Waals surface area contributed by atoms with E-state index in [1.165, 1.54) is 11.8 Å². The predicted molar refractivity (Wildman–Crippen MR) is 124 cm³/mol. The van der Waals surface area contributed by atoms with Crippen LogP contribution in [0.15, 0.2) is 53.7 Å². The molecule has 0 atom stereocenters. The van der Waals surface area contributed by atoms with Crippen molar-refractivity contribution in [3.8, 4) is 22.9 Å². The van der Waals surface area contributed by atoms with Crippen LogP contribution in [-0.4, -0.2) is 40.1 Å². The third kappa shape index (κ3) is 6.01. The summed E-state index contributed by atoms with van der Waals surface area (Å²) in [6.07, 6.45) is 2.06. The fourth-order valence-corrected chi connectivity index (χ4v) is 3.80. The average Bonchev–Trinajstić information content (AvgIpc) is 3.20. The molecule has 0 aliphatic carbocycles. The largest absolute Gasteiger partial charge is 0.497 e. The van der Waals surface area contributed by atoms with Crippen LogP contribution in [0.2, 0.25) is 0 Å². The molecule has 1 heterocycles. The third-order valence-electron chi connectivity index (χ3n) is 4.59. The maximum atomic E-state index is 12.6. The lowest BCUT2D eigenvalue weighted by Crippen LogP contribution is -2.15. The monoisotopic (exact) mass is 440 g/mol. The zero-order valence-corrected chi connectivity index (χ0v) is 18.9. The van der Waals surface area contributed by atoms with E-state index >= 15 is 0 Å². The number of nitrogens with zero attached hydrogens (tertiary/aromatic N) is 3. The van der Waals surface area contributed by atoms with Crippen molar-refractivity contribution in [1.82, 2.24) is 14.8 Å². The summed E-state index contributed by atoms with van der Waals surface area (Å²) in [6.45, 7) is 5.39. The van der Waals surface area contributed by atoms with Gasteiger partial charge in [-0.15, -0.1) is 10.2 Å². The number of hydrogen-bond donors (Lipinski definition) is 1.